The van der Waals surface area contributed by atoms with Gasteiger partial charge in [0, 0.05) is 13.1 Å². The average molecular weight is 336 g/mol. The third-order valence-corrected chi connectivity index (χ3v) is 5.33. The molecule has 0 atom stereocenters. The highest BCUT2D eigenvalue weighted by molar-refractivity contribution is 7.85. The van der Waals surface area contributed by atoms with Crippen molar-refractivity contribution in [3.8, 4) is 0 Å². The van der Waals surface area contributed by atoms with Crippen molar-refractivity contribution in [3.63, 3.8) is 0 Å². The molecule has 7 nitrogen and oxygen atoms in total. The summed E-state index contributed by atoms with van der Waals surface area (Å²) >= 11 is 0. The van der Waals surface area contributed by atoms with Gasteiger partial charge < -0.3 is 5.32 Å². The summed E-state index contributed by atoms with van der Waals surface area (Å²) in [5, 5.41) is 7.47. The Kier molecular flexibility index (Phi) is 4.22. The number of rotatable bonds is 2. The lowest BCUT2D eigenvalue weighted by molar-refractivity contribution is 0.00221. The predicted octanol–water partition coefficient (Wildman–Crippen LogP) is 1.44. The summed E-state index contributed by atoms with van der Waals surface area (Å²) in [5.74, 6) is 0. The Morgan fingerprint density at radius 2 is 1.91 bits per heavy atom. The first-order valence-electron chi connectivity index (χ1n) is 7.47. The molecule has 0 amide bonds. The van der Waals surface area contributed by atoms with E-state index in [-0.39, 0.29) is 4.90 Å². The summed E-state index contributed by atoms with van der Waals surface area (Å²) < 4.78 is 31.5. The lowest BCUT2D eigenvalue weighted by Gasteiger charge is -2.54. The molecule has 1 aromatic heterocycles. The maximum absolute atomic E-state index is 10.5. The first-order chi connectivity index (χ1) is 10.9. The number of nitrogens with one attached hydrogen (secondary N) is 1. The normalized spacial score (nSPS) is 19.4. The maximum atomic E-state index is 10.5. The van der Waals surface area contributed by atoms with Crippen molar-refractivity contribution in [2.75, 3.05) is 13.1 Å². The second-order valence-electron chi connectivity index (χ2n) is 6.33. The minimum absolute atomic E-state index is 0.0666. The molecular formula is C15H20N4O3S. The quantitative estimate of drug-likeness (QED) is 0.806. The van der Waals surface area contributed by atoms with Crippen molar-refractivity contribution >= 4 is 10.1 Å². The Bertz CT molecular complexity index is 745. The van der Waals surface area contributed by atoms with E-state index in [1.54, 1.807) is 18.5 Å². The third-order valence-electron chi connectivity index (χ3n) is 4.47. The molecule has 124 valence electrons. The Morgan fingerprint density at radius 1 is 1.26 bits per heavy atom. The molecule has 1 aromatic carbocycles. The summed E-state index contributed by atoms with van der Waals surface area (Å²) in [5.41, 5.74) is 1.59. The van der Waals surface area contributed by atoms with Gasteiger partial charge in [0.1, 0.15) is 12.7 Å². The first-order valence-corrected chi connectivity index (χ1v) is 8.91. The topological polar surface area (TPSA) is 97.1 Å². The predicted molar refractivity (Wildman–Crippen MR) is 84.6 cm³/mol. The van der Waals surface area contributed by atoms with Crippen LogP contribution in [-0.4, -0.2) is 40.8 Å². The van der Waals surface area contributed by atoms with Gasteiger partial charge >= 0.3 is 0 Å². The molecule has 2 heterocycles. The van der Waals surface area contributed by atoms with Gasteiger partial charge in [0.05, 0.1) is 10.9 Å². The van der Waals surface area contributed by atoms with Crippen LogP contribution in [0.25, 0.3) is 0 Å². The molecule has 2 fully saturated rings. The smallest absolute Gasteiger partial charge is 0.294 e. The summed E-state index contributed by atoms with van der Waals surface area (Å²) in [4.78, 5) is 3.89. The number of hydrogen-bond donors (Lipinski definition) is 2. The molecule has 0 radical (unpaired) electrons. The molecule has 0 bridgehead atoms. The highest BCUT2D eigenvalue weighted by atomic mass is 32.2. The SMILES string of the molecule is Cc1ccc(S(=O)(=O)O)cc1.c1ncn(C2CC3(CNC3)C2)n1. The minimum Gasteiger partial charge on any atom is -0.316 e. The molecule has 8 heteroatoms. The zero-order valence-electron chi connectivity index (χ0n) is 12.9. The second kappa shape index (κ2) is 6.03. The Hall–Kier alpha value is -1.77. The van der Waals surface area contributed by atoms with Crippen molar-refractivity contribution in [3.05, 3.63) is 42.5 Å². The number of benzene rings is 1. The zero-order chi connectivity index (χ0) is 16.5. The van der Waals surface area contributed by atoms with Crippen molar-refractivity contribution < 1.29 is 13.0 Å². The van der Waals surface area contributed by atoms with Crippen LogP contribution >= 0.6 is 0 Å². The molecule has 2 N–H and O–H groups in total. The Balaban J connectivity index is 0.000000137. The fraction of sp³-hybridized carbons (Fsp3) is 0.467. The number of nitrogens with zero attached hydrogens (tertiary/aromatic N) is 3. The highest BCUT2D eigenvalue weighted by Crippen LogP contribution is 2.50. The molecule has 1 saturated carbocycles. The lowest BCUT2D eigenvalue weighted by Crippen LogP contribution is -2.60. The van der Waals surface area contributed by atoms with Crippen LogP contribution < -0.4 is 5.32 Å². The van der Waals surface area contributed by atoms with Gasteiger partial charge in [-0.3, -0.25) is 4.55 Å². The summed E-state index contributed by atoms with van der Waals surface area (Å²) in [6, 6.07) is 6.61. The van der Waals surface area contributed by atoms with Crippen LogP contribution in [0.4, 0.5) is 0 Å². The van der Waals surface area contributed by atoms with E-state index in [0.717, 1.165) is 5.56 Å². The van der Waals surface area contributed by atoms with Crippen molar-refractivity contribution in [1.82, 2.24) is 20.1 Å². The summed E-state index contributed by atoms with van der Waals surface area (Å²) in [7, 11) is -4.02. The third kappa shape index (κ3) is 3.60. The van der Waals surface area contributed by atoms with Crippen LogP contribution in [0.2, 0.25) is 0 Å². The van der Waals surface area contributed by atoms with Crippen LogP contribution in [0, 0.1) is 12.3 Å². The van der Waals surface area contributed by atoms with E-state index in [9.17, 15) is 8.42 Å². The summed E-state index contributed by atoms with van der Waals surface area (Å²) in [6.45, 7) is 4.25. The van der Waals surface area contributed by atoms with Crippen LogP contribution in [0.15, 0.2) is 41.8 Å². The highest BCUT2D eigenvalue weighted by Gasteiger charge is 2.49. The maximum Gasteiger partial charge on any atom is 0.294 e. The molecule has 2 aliphatic rings. The van der Waals surface area contributed by atoms with E-state index in [1.165, 1.54) is 38.1 Å². The fourth-order valence-electron chi connectivity index (χ4n) is 3.01. The largest absolute Gasteiger partial charge is 0.316 e. The van der Waals surface area contributed by atoms with E-state index < -0.39 is 10.1 Å². The average Bonchev–Trinajstić information content (AvgIpc) is 2.89. The van der Waals surface area contributed by atoms with Gasteiger partial charge in [-0.1, -0.05) is 17.7 Å². The van der Waals surface area contributed by atoms with Crippen LogP contribution in [0.3, 0.4) is 0 Å². The number of hydrogen-bond acceptors (Lipinski definition) is 5. The van der Waals surface area contributed by atoms with E-state index >= 15 is 0 Å². The molecule has 2 aromatic rings. The molecule has 23 heavy (non-hydrogen) atoms. The zero-order valence-corrected chi connectivity index (χ0v) is 13.7. The van der Waals surface area contributed by atoms with Crippen molar-refractivity contribution in [2.45, 2.75) is 30.7 Å². The van der Waals surface area contributed by atoms with Crippen LogP contribution in [0.5, 0.6) is 0 Å². The summed E-state index contributed by atoms with van der Waals surface area (Å²) in [6.07, 6.45) is 6.00. The fourth-order valence-corrected chi connectivity index (χ4v) is 3.49. The van der Waals surface area contributed by atoms with Gasteiger partial charge in [0.2, 0.25) is 0 Å². The van der Waals surface area contributed by atoms with E-state index in [4.69, 9.17) is 4.55 Å². The Labute approximate surface area is 135 Å². The van der Waals surface area contributed by atoms with Gasteiger partial charge in [-0.05, 0) is 37.3 Å². The molecule has 0 unspecified atom stereocenters. The number of aryl methyl sites for hydroxylation is 1. The van der Waals surface area contributed by atoms with Crippen molar-refractivity contribution in [2.24, 2.45) is 5.41 Å². The molecule has 1 saturated heterocycles. The van der Waals surface area contributed by atoms with E-state index in [2.05, 4.69) is 15.4 Å². The van der Waals surface area contributed by atoms with Crippen LogP contribution in [-0.2, 0) is 10.1 Å². The van der Waals surface area contributed by atoms with E-state index in [0.29, 0.717) is 11.5 Å². The Morgan fingerprint density at radius 3 is 2.35 bits per heavy atom. The molecule has 4 rings (SSSR count). The van der Waals surface area contributed by atoms with Gasteiger partial charge in [-0.25, -0.2) is 9.67 Å². The monoisotopic (exact) mass is 336 g/mol. The lowest BCUT2D eigenvalue weighted by atomic mass is 9.62. The first kappa shape index (κ1) is 16.1. The molecule has 1 spiro atoms. The minimum atomic E-state index is -4.02. The van der Waals surface area contributed by atoms with Gasteiger partial charge in [0.25, 0.3) is 10.1 Å². The van der Waals surface area contributed by atoms with Crippen LogP contribution in [0.1, 0.15) is 24.4 Å². The molecular weight excluding hydrogens is 316 g/mol. The molecule has 1 aliphatic carbocycles. The number of aromatic nitrogens is 3. The van der Waals surface area contributed by atoms with E-state index in [1.807, 2.05) is 17.9 Å². The van der Waals surface area contributed by atoms with Gasteiger partial charge in [0.15, 0.2) is 0 Å². The van der Waals surface area contributed by atoms with Gasteiger partial charge in [-0.2, -0.15) is 13.5 Å². The van der Waals surface area contributed by atoms with Gasteiger partial charge in [-0.15, -0.1) is 0 Å². The standard InChI is InChI=1S/C8H12N4.C7H8O3S/c1-7(12-6-10-5-11-12)2-8(1)3-9-4-8;1-6-2-4-7(5-3-6)11(8,9)10/h5-7,9H,1-4H2;2-5H,1H3,(H,8,9,10). The van der Waals surface area contributed by atoms with Crippen molar-refractivity contribution in [1.29, 1.82) is 0 Å². The second-order valence-corrected chi connectivity index (χ2v) is 7.75. The molecule has 1 aliphatic heterocycles.